The van der Waals surface area contributed by atoms with Gasteiger partial charge < -0.3 is 10.7 Å². The van der Waals surface area contributed by atoms with E-state index >= 15 is 0 Å². The van der Waals surface area contributed by atoms with Gasteiger partial charge in [0.2, 0.25) is 0 Å². The zero-order valence-electron chi connectivity index (χ0n) is 8.81. The van der Waals surface area contributed by atoms with Gasteiger partial charge in [0, 0.05) is 29.4 Å². The first-order chi connectivity index (χ1) is 7.88. The van der Waals surface area contributed by atoms with Crippen LogP contribution in [-0.4, -0.2) is 11.5 Å². The van der Waals surface area contributed by atoms with Crippen LogP contribution >= 0.6 is 11.3 Å². The lowest BCUT2D eigenvalue weighted by atomic mass is 10.3. The summed E-state index contributed by atoms with van der Waals surface area (Å²) in [5.74, 6) is 5.95. The number of nitrogens with one attached hydrogen (secondary N) is 2. The van der Waals surface area contributed by atoms with Crippen LogP contribution in [0.3, 0.4) is 0 Å². The maximum absolute atomic E-state index is 5.29. The first-order valence-corrected chi connectivity index (χ1v) is 5.95. The Morgan fingerprint density at radius 1 is 1.38 bits per heavy atom. The third-order valence-corrected chi connectivity index (χ3v) is 3.12. The van der Waals surface area contributed by atoms with E-state index in [0.29, 0.717) is 5.82 Å². The van der Waals surface area contributed by atoms with E-state index in [-0.39, 0.29) is 0 Å². The summed E-state index contributed by atoms with van der Waals surface area (Å²) >= 11 is 1.78. The lowest BCUT2D eigenvalue weighted by molar-refractivity contribution is 1.04. The molecule has 0 radical (unpaired) electrons. The Hall–Kier alpha value is -1.59. The number of hydrazine groups is 1. The van der Waals surface area contributed by atoms with E-state index in [0.717, 1.165) is 18.7 Å². The molecule has 0 aliphatic rings. The number of anilines is 2. The molecule has 0 fully saturated rings. The average Bonchev–Trinajstić information content (AvgIpc) is 2.82. The molecule has 0 aromatic carbocycles. The van der Waals surface area contributed by atoms with Crippen LogP contribution in [-0.2, 0) is 6.42 Å². The fourth-order valence-electron chi connectivity index (χ4n) is 1.40. The van der Waals surface area contributed by atoms with E-state index in [9.17, 15) is 0 Å². The summed E-state index contributed by atoms with van der Waals surface area (Å²) in [5.41, 5.74) is 3.55. The summed E-state index contributed by atoms with van der Waals surface area (Å²) in [6, 6.07) is 8.03. The topological polar surface area (TPSA) is 63.0 Å². The van der Waals surface area contributed by atoms with Crippen molar-refractivity contribution in [3.8, 4) is 0 Å². The van der Waals surface area contributed by atoms with Crippen LogP contribution in [0.4, 0.5) is 11.5 Å². The normalized spacial score (nSPS) is 10.1. The maximum atomic E-state index is 5.29. The number of nitrogens with zero attached hydrogens (tertiary/aromatic N) is 1. The second-order valence-corrected chi connectivity index (χ2v) is 4.36. The molecule has 0 saturated heterocycles. The molecule has 16 heavy (non-hydrogen) atoms. The molecule has 2 aromatic heterocycles. The van der Waals surface area contributed by atoms with E-state index in [1.165, 1.54) is 4.88 Å². The van der Waals surface area contributed by atoms with Crippen LogP contribution in [0.2, 0.25) is 0 Å². The highest BCUT2D eigenvalue weighted by Crippen LogP contribution is 2.12. The van der Waals surface area contributed by atoms with Gasteiger partial charge >= 0.3 is 0 Å². The smallest absolute Gasteiger partial charge is 0.141 e. The Bertz CT molecular complexity index is 427. The van der Waals surface area contributed by atoms with Crippen molar-refractivity contribution >= 4 is 22.8 Å². The Kier molecular flexibility index (Phi) is 3.74. The molecule has 0 atom stereocenters. The molecule has 5 heteroatoms. The minimum absolute atomic E-state index is 0.668. The molecular formula is C11H14N4S. The summed E-state index contributed by atoms with van der Waals surface area (Å²) < 4.78 is 0. The predicted octanol–water partition coefficient (Wildman–Crippen LogP) is 2.08. The quantitative estimate of drug-likeness (QED) is 0.547. The molecule has 2 heterocycles. The van der Waals surface area contributed by atoms with Gasteiger partial charge in [-0.15, -0.1) is 11.3 Å². The molecule has 0 unspecified atom stereocenters. The highest BCUT2D eigenvalue weighted by Gasteiger charge is 1.96. The maximum Gasteiger partial charge on any atom is 0.141 e. The van der Waals surface area contributed by atoms with Crippen LogP contribution in [0.5, 0.6) is 0 Å². The highest BCUT2D eigenvalue weighted by atomic mass is 32.1. The fraction of sp³-hybridized carbons (Fsp3) is 0.182. The van der Waals surface area contributed by atoms with Crippen molar-refractivity contribution in [2.75, 3.05) is 17.3 Å². The molecule has 0 aliphatic carbocycles. The molecule has 2 aromatic rings. The van der Waals surface area contributed by atoms with Gasteiger partial charge in [0.15, 0.2) is 0 Å². The van der Waals surface area contributed by atoms with E-state index in [1.54, 1.807) is 17.5 Å². The van der Waals surface area contributed by atoms with Gasteiger partial charge in [-0.2, -0.15) is 0 Å². The van der Waals surface area contributed by atoms with Crippen LogP contribution < -0.4 is 16.6 Å². The van der Waals surface area contributed by atoms with Crippen molar-refractivity contribution in [3.63, 3.8) is 0 Å². The van der Waals surface area contributed by atoms with E-state index in [4.69, 9.17) is 5.84 Å². The second kappa shape index (κ2) is 5.48. The largest absolute Gasteiger partial charge is 0.385 e. The van der Waals surface area contributed by atoms with E-state index in [1.807, 2.05) is 12.1 Å². The van der Waals surface area contributed by atoms with Crippen LogP contribution in [0.25, 0.3) is 0 Å². The number of thiophene rings is 1. The van der Waals surface area contributed by atoms with Gasteiger partial charge in [0.05, 0.1) is 0 Å². The lowest BCUT2D eigenvalue weighted by Crippen LogP contribution is -2.09. The van der Waals surface area contributed by atoms with E-state index in [2.05, 4.69) is 33.2 Å². The van der Waals surface area contributed by atoms with E-state index < -0.39 is 0 Å². The lowest BCUT2D eigenvalue weighted by Gasteiger charge is -2.06. The number of nitrogens with two attached hydrogens (primary N) is 1. The molecular weight excluding hydrogens is 220 g/mol. The SMILES string of the molecule is NNc1cc(NCCc2cccs2)ccn1. The minimum atomic E-state index is 0.668. The average molecular weight is 234 g/mol. The number of aromatic nitrogens is 1. The molecule has 84 valence electrons. The van der Waals surface area contributed by atoms with Crippen molar-refractivity contribution in [2.24, 2.45) is 5.84 Å². The van der Waals surface area contributed by atoms with Crippen molar-refractivity contribution in [1.29, 1.82) is 0 Å². The zero-order valence-corrected chi connectivity index (χ0v) is 9.63. The molecule has 0 spiro atoms. The number of rotatable bonds is 5. The van der Waals surface area contributed by atoms with Gasteiger partial charge in [0.1, 0.15) is 5.82 Å². The first kappa shape index (κ1) is 10.9. The monoisotopic (exact) mass is 234 g/mol. The number of nitrogen functional groups attached to an aromatic ring is 1. The molecule has 0 aliphatic heterocycles. The Morgan fingerprint density at radius 3 is 3.06 bits per heavy atom. The number of hydrogen-bond acceptors (Lipinski definition) is 5. The van der Waals surface area contributed by atoms with Gasteiger partial charge in [-0.05, 0) is 23.9 Å². The van der Waals surface area contributed by atoms with Crippen molar-refractivity contribution < 1.29 is 0 Å². The summed E-state index contributed by atoms with van der Waals surface area (Å²) in [6.45, 7) is 0.911. The summed E-state index contributed by atoms with van der Waals surface area (Å²) in [7, 11) is 0. The number of hydrogen-bond donors (Lipinski definition) is 3. The molecule has 2 rings (SSSR count). The highest BCUT2D eigenvalue weighted by molar-refractivity contribution is 7.09. The van der Waals surface area contributed by atoms with Crippen LogP contribution in [0.1, 0.15) is 4.88 Å². The summed E-state index contributed by atoms with van der Waals surface area (Å²) in [4.78, 5) is 5.43. The predicted molar refractivity (Wildman–Crippen MR) is 68.6 cm³/mol. The molecule has 0 amide bonds. The Morgan fingerprint density at radius 2 is 2.31 bits per heavy atom. The van der Waals surface area contributed by atoms with Crippen LogP contribution in [0, 0.1) is 0 Å². The molecule has 0 bridgehead atoms. The third kappa shape index (κ3) is 2.95. The van der Waals surface area contributed by atoms with Crippen molar-refractivity contribution in [2.45, 2.75) is 6.42 Å². The van der Waals surface area contributed by atoms with Crippen LogP contribution in [0.15, 0.2) is 35.8 Å². The first-order valence-electron chi connectivity index (χ1n) is 5.07. The van der Waals surface area contributed by atoms with Gasteiger partial charge in [-0.25, -0.2) is 10.8 Å². The van der Waals surface area contributed by atoms with Crippen molar-refractivity contribution in [3.05, 3.63) is 40.7 Å². The standard InChI is InChI=1S/C11H14N4S/c12-15-11-8-9(3-5-14-11)13-6-4-10-2-1-7-16-10/h1-3,5,7-8H,4,6,12H2,(H2,13,14,15). The summed E-state index contributed by atoms with van der Waals surface area (Å²) in [6.07, 6.45) is 2.76. The number of pyridine rings is 1. The molecule has 4 nitrogen and oxygen atoms in total. The van der Waals surface area contributed by atoms with Gasteiger partial charge in [-0.1, -0.05) is 6.07 Å². The Balaban J connectivity index is 1.85. The zero-order chi connectivity index (χ0) is 11.2. The van der Waals surface area contributed by atoms with Gasteiger partial charge in [-0.3, -0.25) is 0 Å². The molecule has 0 saturated carbocycles. The Labute approximate surface area is 98.5 Å². The fourth-order valence-corrected chi connectivity index (χ4v) is 2.11. The summed E-state index contributed by atoms with van der Waals surface area (Å²) in [5, 5.41) is 5.42. The van der Waals surface area contributed by atoms with Gasteiger partial charge in [0.25, 0.3) is 0 Å². The molecule has 4 N–H and O–H groups in total. The van der Waals surface area contributed by atoms with Crippen molar-refractivity contribution in [1.82, 2.24) is 4.98 Å². The second-order valence-electron chi connectivity index (χ2n) is 3.33. The minimum Gasteiger partial charge on any atom is -0.385 e. The third-order valence-electron chi connectivity index (χ3n) is 2.19.